The molecule has 1 N–H and O–H groups in total. The summed E-state index contributed by atoms with van der Waals surface area (Å²) in [4.78, 5) is 0. The zero-order valence-electron chi connectivity index (χ0n) is 6.75. The highest BCUT2D eigenvalue weighted by Gasteiger charge is 2.18. The van der Waals surface area contributed by atoms with E-state index in [9.17, 15) is 0 Å². The molecule has 1 atom stereocenters. The van der Waals surface area contributed by atoms with Gasteiger partial charge in [0.1, 0.15) is 0 Å². The number of hydrogen-bond acceptors (Lipinski definition) is 2. The highest BCUT2D eigenvalue weighted by Crippen LogP contribution is 2.30. The van der Waals surface area contributed by atoms with Crippen LogP contribution in [0.2, 0.25) is 0 Å². The minimum absolute atomic E-state index is 0.337. The number of hydrogen-bond donors (Lipinski definition) is 1. The second-order valence-corrected chi connectivity index (χ2v) is 3.34. The van der Waals surface area contributed by atoms with Crippen LogP contribution in [-0.4, -0.2) is 25.8 Å². The van der Waals surface area contributed by atoms with Gasteiger partial charge in [0.2, 0.25) is 0 Å². The minimum atomic E-state index is 0.337. The molecule has 1 aliphatic carbocycles. The molecule has 0 spiro atoms. The Morgan fingerprint density at radius 1 is 1.27 bits per heavy atom. The van der Waals surface area contributed by atoms with Crippen LogP contribution < -0.4 is 5.32 Å². The van der Waals surface area contributed by atoms with Crippen LogP contribution in [0.15, 0.2) is 12.2 Å². The SMILES string of the molecule is C(=C\C1CNCCO1)/C1CC1. The van der Waals surface area contributed by atoms with E-state index in [0.717, 1.165) is 25.6 Å². The molecule has 0 aromatic rings. The molecule has 0 amide bonds. The van der Waals surface area contributed by atoms with Crippen molar-refractivity contribution in [3.8, 4) is 0 Å². The fraction of sp³-hybridized carbons (Fsp3) is 0.778. The Balaban J connectivity index is 1.74. The van der Waals surface area contributed by atoms with Gasteiger partial charge in [-0.2, -0.15) is 0 Å². The maximum atomic E-state index is 5.51. The van der Waals surface area contributed by atoms with E-state index >= 15 is 0 Å². The summed E-state index contributed by atoms with van der Waals surface area (Å²) in [5, 5.41) is 3.30. The molecule has 1 heterocycles. The van der Waals surface area contributed by atoms with E-state index in [4.69, 9.17) is 4.74 Å². The molecule has 2 aliphatic rings. The van der Waals surface area contributed by atoms with Crippen LogP contribution >= 0.6 is 0 Å². The van der Waals surface area contributed by atoms with Crippen molar-refractivity contribution in [2.45, 2.75) is 18.9 Å². The van der Waals surface area contributed by atoms with Gasteiger partial charge in [-0.3, -0.25) is 0 Å². The predicted octanol–water partition coefficient (Wildman–Crippen LogP) is 0.941. The van der Waals surface area contributed by atoms with Crippen molar-refractivity contribution in [1.82, 2.24) is 5.32 Å². The summed E-state index contributed by atoms with van der Waals surface area (Å²) in [7, 11) is 0. The van der Waals surface area contributed by atoms with Crippen molar-refractivity contribution < 1.29 is 4.74 Å². The highest BCUT2D eigenvalue weighted by atomic mass is 16.5. The highest BCUT2D eigenvalue weighted by molar-refractivity contribution is 5.00. The van der Waals surface area contributed by atoms with Crippen LogP contribution in [0.1, 0.15) is 12.8 Å². The minimum Gasteiger partial charge on any atom is -0.372 e. The summed E-state index contributed by atoms with van der Waals surface area (Å²) >= 11 is 0. The lowest BCUT2D eigenvalue weighted by atomic mass is 10.2. The molecule has 0 aromatic heterocycles. The Hall–Kier alpha value is -0.340. The molecular formula is C9H15NO. The van der Waals surface area contributed by atoms with Gasteiger partial charge in [0.05, 0.1) is 12.7 Å². The standard InChI is InChI=1S/C9H15NO/c1-2-8(1)3-4-9-7-10-5-6-11-9/h3-4,8-10H,1-2,5-7H2/b4-3+. The van der Waals surface area contributed by atoms with Crippen LogP contribution in [0.25, 0.3) is 0 Å². The average molecular weight is 153 g/mol. The first-order chi connectivity index (χ1) is 5.45. The average Bonchev–Trinajstić information content (AvgIpc) is 2.86. The summed E-state index contributed by atoms with van der Waals surface area (Å²) in [5.74, 6) is 0.875. The van der Waals surface area contributed by atoms with E-state index in [0.29, 0.717) is 6.10 Å². The first kappa shape index (κ1) is 7.32. The van der Waals surface area contributed by atoms with Gasteiger partial charge in [-0.25, -0.2) is 0 Å². The van der Waals surface area contributed by atoms with Crippen LogP contribution in [0.4, 0.5) is 0 Å². The molecule has 2 nitrogen and oxygen atoms in total. The van der Waals surface area contributed by atoms with Gasteiger partial charge in [0.15, 0.2) is 0 Å². The summed E-state index contributed by atoms with van der Waals surface area (Å²) in [6, 6.07) is 0. The molecule has 2 rings (SSSR count). The Kier molecular flexibility index (Phi) is 2.24. The predicted molar refractivity (Wildman–Crippen MR) is 44.5 cm³/mol. The van der Waals surface area contributed by atoms with Crippen molar-refractivity contribution in [2.75, 3.05) is 19.7 Å². The van der Waals surface area contributed by atoms with Gasteiger partial charge in [-0.05, 0) is 18.8 Å². The molecule has 1 saturated heterocycles. The second kappa shape index (κ2) is 3.37. The smallest absolute Gasteiger partial charge is 0.0880 e. The van der Waals surface area contributed by atoms with Crippen molar-refractivity contribution in [3.05, 3.63) is 12.2 Å². The number of ether oxygens (including phenoxy) is 1. The van der Waals surface area contributed by atoms with Crippen molar-refractivity contribution in [2.24, 2.45) is 5.92 Å². The zero-order chi connectivity index (χ0) is 7.52. The molecular weight excluding hydrogens is 138 g/mol. The summed E-state index contributed by atoms with van der Waals surface area (Å²) in [6.07, 6.45) is 7.62. The Labute approximate surface area is 67.6 Å². The molecule has 2 heteroatoms. The van der Waals surface area contributed by atoms with Crippen molar-refractivity contribution in [1.29, 1.82) is 0 Å². The molecule has 1 saturated carbocycles. The molecule has 2 fully saturated rings. The van der Waals surface area contributed by atoms with E-state index in [1.54, 1.807) is 0 Å². The normalized spacial score (nSPS) is 32.9. The Morgan fingerprint density at radius 2 is 2.18 bits per heavy atom. The fourth-order valence-corrected chi connectivity index (χ4v) is 1.28. The maximum absolute atomic E-state index is 5.51. The van der Waals surface area contributed by atoms with E-state index in [2.05, 4.69) is 17.5 Å². The third-order valence-electron chi connectivity index (χ3n) is 2.18. The molecule has 0 aromatic carbocycles. The molecule has 1 unspecified atom stereocenters. The van der Waals surface area contributed by atoms with Gasteiger partial charge in [-0.15, -0.1) is 0 Å². The van der Waals surface area contributed by atoms with E-state index in [-0.39, 0.29) is 0 Å². The molecule has 1 aliphatic heterocycles. The quantitative estimate of drug-likeness (QED) is 0.596. The van der Waals surface area contributed by atoms with Crippen molar-refractivity contribution in [3.63, 3.8) is 0 Å². The van der Waals surface area contributed by atoms with E-state index in [1.165, 1.54) is 12.8 Å². The summed E-state index contributed by atoms with van der Waals surface area (Å²) in [5.41, 5.74) is 0. The van der Waals surface area contributed by atoms with Crippen molar-refractivity contribution >= 4 is 0 Å². The summed E-state index contributed by atoms with van der Waals surface area (Å²) < 4.78 is 5.51. The van der Waals surface area contributed by atoms with Gasteiger partial charge in [-0.1, -0.05) is 12.2 Å². The van der Waals surface area contributed by atoms with Gasteiger partial charge < -0.3 is 10.1 Å². The van der Waals surface area contributed by atoms with Gasteiger partial charge in [0, 0.05) is 13.1 Å². The number of nitrogens with one attached hydrogen (secondary N) is 1. The maximum Gasteiger partial charge on any atom is 0.0880 e. The number of rotatable bonds is 2. The number of morpholine rings is 1. The fourth-order valence-electron chi connectivity index (χ4n) is 1.28. The van der Waals surface area contributed by atoms with Crippen LogP contribution in [0.3, 0.4) is 0 Å². The Morgan fingerprint density at radius 3 is 2.82 bits per heavy atom. The van der Waals surface area contributed by atoms with Gasteiger partial charge >= 0.3 is 0 Å². The molecule has 62 valence electrons. The van der Waals surface area contributed by atoms with Crippen LogP contribution in [-0.2, 0) is 4.74 Å². The lowest BCUT2D eigenvalue weighted by Gasteiger charge is -2.20. The third-order valence-corrected chi connectivity index (χ3v) is 2.18. The molecule has 11 heavy (non-hydrogen) atoms. The first-order valence-corrected chi connectivity index (χ1v) is 4.46. The van der Waals surface area contributed by atoms with E-state index in [1.807, 2.05) is 0 Å². The topological polar surface area (TPSA) is 21.3 Å². The lowest BCUT2D eigenvalue weighted by molar-refractivity contribution is 0.0589. The molecule has 0 bridgehead atoms. The van der Waals surface area contributed by atoms with Gasteiger partial charge in [0.25, 0.3) is 0 Å². The zero-order valence-corrected chi connectivity index (χ0v) is 6.75. The number of allylic oxidation sites excluding steroid dienone is 1. The summed E-state index contributed by atoms with van der Waals surface area (Å²) in [6.45, 7) is 2.86. The van der Waals surface area contributed by atoms with Crippen LogP contribution in [0, 0.1) is 5.92 Å². The second-order valence-electron chi connectivity index (χ2n) is 3.34. The van der Waals surface area contributed by atoms with Crippen LogP contribution in [0.5, 0.6) is 0 Å². The monoisotopic (exact) mass is 153 g/mol. The largest absolute Gasteiger partial charge is 0.372 e. The van der Waals surface area contributed by atoms with E-state index < -0.39 is 0 Å². The first-order valence-electron chi connectivity index (χ1n) is 4.46. The lowest BCUT2D eigenvalue weighted by Crippen LogP contribution is -2.37. The third kappa shape index (κ3) is 2.31. The Bertz CT molecular complexity index is 146. The molecule has 0 radical (unpaired) electrons.